The zero-order valence-electron chi connectivity index (χ0n) is 10.8. The Hall–Kier alpha value is -2.27. The van der Waals surface area contributed by atoms with Gasteiger partial charge in [-0.3, -0.25) is 0 Å². The lowest BCUT2D eigenvalue weighted by molar-refractivity contribution is 0.486. The Kier molecular flexibility index (Phi) is 2.99. The number of benzene rings is 2. The number of fused-ring (bicyclic) bond motifs is 1. The summed E-state index contributed by atoms with van der Waals surface area (Å²) in [6.45, 7) is 1.90. The van der Waals surface area contributed by atoms with Gasteiger partial charge < -0.3 is 9.17 Å². The van der Waals surface area contributed by atoms with Crippen molar-refractivity contribution in [2.75, 3.05) is 0 Å². The van der Waals surface area contributed by atoms with Crippen LogP contribution in [0.15, 0.2) is 59.6 Å². The zero-order chi connectivity index (χ0) is 14.2. The SMILES string of the molecule is Cc1ccc(S(=O)(=O)Oc2ccc3[nH]ccc3c2)cc1. The molecule has 0 aliphatic rings. The maximum absolute atomic E-state index is 12.2. The van der Waals surface area contributed by atoms with Gasteiger partial charge in [-0.1, -0.05) is 17.7 Å². The van der Waals surface area contributed by atoms with Crippen molar-refractivity contribution in [3.63, 3.8) is 0 Å². The third-order valence-corrected chi connectivity index (χ3v) is 4.30. The summed E-state index contributed by atoms with van der Waals surface area (Å²) in [5.41, 5.74) is 1.93. The van der Waals surface area contributed by atoms with E-state index in [1.54, 1.807) is 48.7 Å². The molecule has 1 heterocycles. The molecule has 0 saturated heterocycles. The lowest BCUT2D eigenvalue weighted by Crippen LogP contribution is -2.09. The predicted octanol–water partition coefficient (Wildman–Crippen LogP) is 3.24. The molecular formula is C15H13NO3S. The Morgan fingerprint density at radius 2 is 1.75 bits per heavy atom. The van der Waals surface area contributed by atoms with Gasteiger partial charge in [0.1, 0.15) is 10.6 Å². The van der Waals surface area contributed by atoms with Gasteiger partial charge in [0.15, 0.2) is 0 Å². The van der Waals surface area contributed by atoms with E-state index in [1.807, 2.05) is 13.0 Å². The fourth-order valence-corrected chi connectivity index (χ4v) is 2.89. The number of aromatic amines is 1. The minimum absolute atomic E-state index is 0.150. The van der Waals surface area contributed by atoms with Crippen molar-refractivity contribution in [1.29, 1.82) is 0 Å². The standard InChI is InChI=1S/C15H13NO3S/c1-11-2-5-14(6-3-11)20(17,18)19-13-4-7-15-12(10-13)8-9-16-15/h2-10,16H,1H3. The van der Waals surface area contributed by atoms with Crippen LogP contribution in [0.5, 0.6) is 5.75 Å². The third-order valence-electron chi connectivity index (χ3n) is 3.04. The molecular weight excluding hydrogens is 274 g/mol. The van der Waals surface area contributed by atoms with E-state index in [0.29, 0.717) is 5.75 Å². The van der Waals surface area contributed by atoms with Crippen molar-refractivity contribution < 1.29 is 12.6 Å². The molecule has 0 aliphatic heterocycles. The summed E-state index contributed by atoms with van der Waals surface area (Å²) >= 11 is 0. The summed E-state index contributed by atoms with van der Waals surface area (Å²) in [6.07, 6.45) is 1.79. The van der Waals surface area contributed by atoms with Gasteiger partial charge in [-0.2, -0.15) is 8.42 Å². The molecule has 1 N–H and O–H groups in total. The van der Waals surface area contributed by atoms with E-state index in [2.05, 4.69) is 4.98 Å². The minimum Gasteiger partial charge on any atom is -0.379 e. The number of aromatic nitrogens is 1. The average Bonchev–Trinajstić information content (AvgIpc) is 2.86. The molecule has 4 nitrogen and oxygen atoms in total. The van der Waals surface area contributed by atoms with E-state index < -0.39 is 10.1 Å². The number of rotatable bonds is 3. The Morgan fingerprint density at radius 1 is 1.00 bits per heavy atom. The highest BCUT2D eigenvalue weighted by atomic mass is 32.2. The number of hydrogen-bond acceptors (Lipinski definition) is 3. The molecule has 0 spiro atoms. The van der Waals surface area contributed by atoms with Gasteiger partial charge in [-0.15, -0.1) is 0 Å². The van der Waals surface area contributed by atoms with Crippen molar-refractivity contribution >= 4 is 21.0 Å². The maximum Gasteiger partial charge on any atom is 0.339 e. The van der Waals surface area contributed by atoms with Crippen LogP contribution in [-0.4, -0.2) is 13.4 Å². The van der Waals surface area contributed by atoms with Crippen LogP contribution in [0, 0.1) is 6.92 Å². The van der Waals surface area contributed by atoms with Gasteiger partial charge >= 0.3 is 10.1 Å². The second-order valence-electron chi connectivity index (χ2n) is 4.58. The lowest BCUT2D eigenvalue weighted by Gasteiger charge is -2.07. The summed E-state index contributed by atoms with van der Waals surface area (Å²) in [5, 5.41) is 0.904. The van der Waals surface area contributed by atoms with Crippen molar-refractivity contribution in [3.05, 3.63) is 60.3 Å². The normalized spacial score (nSPS) is 11.7. The molecule has 3 rings (SSSR count). The molecule has 2 aromatic carbocycles. The summed E-state index contributed by atoms with van der Waals surface area (Å²) in [4.78, 5) is 3.19. The second-order valence-corrected chi connectivity index (χ2v) is 6.12. The van der Waals surface area contributed by atoms with Gasteiger partial charge in [0.2, 0.25) is 0 Å². The van der Waals surface area contributed by atoms with E-state index in [1.165, 1.54) is 0 Å². The molecule has 0 saturated carbocycles. The van der Waals surface area contributed by atoms with Crippen LogP contribution in [0.2, 0.25) is 0 Å². The van der Waals surface area contributed by atoms with Crippen molar-refractivity contribution in [2.24, 2.45) is 0 Å². The zero-order valence-corrected chi connectivity index (χ0v) is 11.6. The molecule has 102 valence electrons. The molecule has 0 radical (unpaired) electrons. The number of H-pyrrole nitrogens is 1. The Balaban J connectivity index is 1.94. The van der Waals surface area contributed by atoms with E-state index in [-0.39, 0.29) is 4.90 Å². The first-order valence-corrected chi connectivity index (χ1v) is 7.54. The molecule has 0 amide bonds. The van der Waals surface area contributed by atoms with Crippen molar-refractivity contribution in [1.82, 2.24) is 4.98 Å². The fraction of sp³-hybridized carbons (Fsp3) is 0.0667. The quantitative estimate of drug-likeness (QED) is 0.752. The molecule has 0 fully saturated rings. The molecule has 0 bridgehead atoms. The summed E-state index contributed by atoms with van der Waals surface area (Å²) in [6, 6.07) is 13.5. The third kappa shape index (κ3) is 2.40. The van der Waals surface area contributed by atoms with Crippen molar-refractivity contribution in [2.45, 2.75) is 11.8 Å². The molecule has 5 heteroatoms. The second kappa shape index (κ2) is 4.68. The Labute approximate surface area is 117 Å². The number of nitrogens with one attached hydrogen (secondary N) is 1. The van der Waals surface area contributed by atoms with Crippen LogP contribution < -0.4 is 4.18 Å². The highest BCUT2D eigenvalue weighted by Gasteiger charge is 2.16. The highest BCUT2D eigenvalue weighted by Crippen LogP contribution is 2.23. The Bertz CT molecular complexity index is 848. The van der Waals surface area contributed by atoms with Gasteiger partial charge in [0, 0.05) is 17.1 Å². The maximum atomic E-state index is 12.2. The fourth-order valence-electron chi connectivity index (χ4n) is 1.96. The van der Waals surface area contributed by atoms with Crippen LogP contribution >= 0.6 is 0 Å². The largest absolute Gasteiger partial charge is 0.379 e. The van der Waals surface area contributed by atoms with Crippen LogP contribution in [0.4, 0.5) is 0 Å². The summed E-state index contributed by atoms with van der Waals surface area (Å²) < 4.78 is 29.5. The lowest BCUT2D eigenvalue weighted by atomic mass is 10.2. The van der Waals surface area contributed by atoms with E-state index >= 15 is 0 Å². The van der Waals surface area contributed by atoms with Gasteiger partial charge in [-0.05, 0) is 43.3 Å². The number of hydrogen-bond donors (Lipinski definition) is 1. The first-order valence-electron chi connectivity index (χ1n) is 6.13. The first-order chi connectivity index (χ1) is 9.54. The summed E-state index contributed by atoms with van der Waals surface area (Å²) in [7, 11) is -3.79. The van der Waals surface area contributed by atoms with E-state index in [0.717, 1.165) is 16.5 Å². The van der Waals surface area contributed by atoms with E-state index in [9.17, 15) is 8.42 Å². The molecule has 1 aromatic heterocycles. The molecule has 20 heavy (non-hydrogen) atoms. The Morgan fingerprint density at radius 3 is 2.50 bits per heavy atom. The average molecular weight is 287 g/mol. The highest BCUT2D eigenvalue weighted by molar-refractivity contribution is 7.87. The van der Waals surface area contributed by atoms with Crippen LogP contribution in [0.1, 0.15) is 5.56 Å². The van der Waals surface area contributed by atoms with Crippen LogP contribution in [0.3, 0.4) is 0 Å². The smallest absolute Gasteiger partial charge is 0.339 e. The van der Waals surface area contributed by atoms with Gasteiger partial charge in [0.25, 0.3) is 0 Å². The van der Waals surface area contributed by atoms with Gasteiger partial charge in [-0.25, -0.2) is 0 Å². The molecule has 0 unspecified atom stereocenters. The minimum atomic E-state index is -3.79. The molecule has 3 aromatic rings. The van der Waals surface area contributed by atoms with Crippen molar-refractivity contribution in [3.8, 4) is 5.75 Å². The summed E-state index contributed by atoms with van der Waals surface area (Å²) in [5.74, 6) is 0.303. The topological polar surface area (TPSA) is 59.2 Å². The number of aryl methyl sites for hydroxylation is 1. The van der Waals surface area contributed by atoms with E-state index in [4.69, 9.17) is 4.18 Å². The van der Waals surface area contributed by atoms with Crippen LogP contribution in [0.25, 0.3) is 10.9 Å². The monoisotopic (exact) mass is 287 g/mol. The van der Waals surface area contributed by atoms with Crippen LogP contribution in [-0.2, 0) is 10.1 Å². The molecule has 0 atom stereocenters. The predicted molar refractivity (Wildman–Crippen MR) is 77.3 cm³/mol. The first kappa shape index (κ1) is 12.7. The molecule has 0 aliphatic carbocycles. The van der Waals surface area contributed by atoms with Gasteiger partial charge in [0.05, 0.1) is 0 Å².